The van der Waals surface area contributed by atoms with Crippen LogP contribution in [-0.2, 0) is 4.79 Å². The molecule has 1 rings (SSSR count). The lowest BCUT2D eigenvalue weighted by Crippen LogP contribution is -2.27. The Morgan fingerprint density at radius 3 is 2.52 bits per heavy atom. The molecule has 0 radical (unpaired) electrons. The molecule has 0 heterocycles. The van der Waals surface area contributed by atoms with Crippen molar-refractivity contribution in [1.82, 2.24) is 5.32 Å². The Hall–Kier alpha value is -2.02. The summed E-state index contributed by atoms with van der Waals surface area (Å²) in [4.78, 5) is 22.0. The summed E-state index contributed by atoms with van der Waals surface area (Å²) >= 11 is 5.86. The third kappa shape index (κ3) is 6.31. The Labute approximate surface area is 123 Å². The van der Waals surface area contributed by atoms with Crippen molar-refractivity contribution in [2.45, 2.75) is 12.6 Å². The topological polar surface area (TPSA) is 66.4 Å². The number of carboxylic acids is 1. The number of amides is 1. The van der Waals surface area contributed by atoms with Crippen molar-refractivity contribution in [3.63, 3.8) is 0 Å². The summed E-state index contributed by atoms with van der Waals surface area (Å²) in [7, 11) is 0. The molecule has 0 fully saturated rings. The number of benzene rings is 1. The summed E-state index contributed by atoms with van der Waals surface area (Å²) in [6, 6.07) is 4.00. The number of hydrogen-bond acceptors (Lipinski definition) is 2. The van der Waals surface area contributed by atoms with Gasteiger partial charge >= 0.3 is 12.1 Å². The van der Waals surface area contributed by atoms with Crippen molar-refractivity contribution in [3.05, 3.63) is 40.4 Å². The molecule has 4 nitrogen and oxygen atoms in total. The number of carbonyl (C=O) groups is 2. The molecule has 21 heavy (non-hydrogen) atoms. The fourth-order valence-corrected chi connectivity index (χ4v) is 1.63. The fraction of sp³-hybridized carbons (Fsp3) is 0.231. The average molecular weight is 322 g/mol. The van der Waals surface area contributed by atoms with Crippen LogP contribution in [0.3, 0.4) is 0 Å². The van der Waals surface area contributed by atoms with E-state index in [4.69, 9.17) is 16.7 Å². The van der Waals surface area contributed by atoms with Gasteiger partial charge < -0.3 is 10.4 Å². The van der Waals surface area contributed by atoms with Crippen molar-refractivity contribution in [2.75, 3.05) is 6.54 Å². The molecule has 114 valence electrons. The highest BCUT2D eigenvalue weighted by atomic mass is 35.5. The SMILES string of the molecule is O=C(O)/C=C/c1ccc(C(=O)NCCC(F)(F)F)cc1Cl. The van der Waals surface area contributed by atoms with Gasteiger partial charge in [-0.25, -0.2) is 4.79 Å². The number of rotatable bonds is 5. The van der Waals surface area contributed by atoms with E-state index in [-0.39, 0.29) is 10.6 Å². The lowest BCUT2D eigenvalue weighted by Gasteiger charge is -2.08. The van der Waals surface area contributed by atoms with Crippen LogP contribution >= 0.6 is 11.6 Å². The van der Waals surface area contributed by atoms with Crippen molar-refractivity contribution in [3.8, 4) is 0 Å². The van der Waals surface area contributed by atoms with E-state index in [0.717, 1.165) is 6.08 Å². The first-order chi connectivity index (χ1) is 9.69. The van der Waals surface area contributed by atoms with Gasteiger partial charge in [0.15, 0.2) is 0 Å². The minimum Gasteiger partial charge on any atom is -0.478 e. The molecule has 0 spiro atoms. The summed E-state index contributed by atoms with van der Waals surface area (Å²) in [5.41, 5.74) is 0.473. The normalized spacial score (nSPS) is 11.6. The molecular formula is C13H11ClF3NO3. The van der Waals surface area contributed by atoms with Gasteiger partial charge in [-0.05, 0) is 23.8 Å². The first-order valence-electron chi connectivity index (χ1n) is 5.74. The van der Waals surface area contributed by atoms with E-state index in [0.29, 0.717) is 5.56 Å². The maximum absolute atomic E-state index is 11.9. The third-order valence-electron chi connectivity index (χ3n) is 2.36. The lowest BCUT2D eigenvalue weighted by molar-refractivity contribution is -0.133. The highest BCUT2D eigenvalue weighted by molar-refractivity contribution is 6.32. The van der Waals surface area contributed by atoms with Gasteiger partial charge in [0.2, 0.25) is 0 Å². The van der Waals surface area contributed by atoms with Gasteiger partial charge in [-0.1, -0.05) is 17.7 Å². The largest absolute Gasteiger partial charge is 0.478 e. The number of halogens is 4. The van der Waals surface area contributed by atoms with Crippen LogP contribution in [-0.4, -0.2) is 29.7 Å². The van der Waals surface area contributed by atoms with E-state index in [9.17, 15) is 22.8 Å². The van der Waals surface area contributed by atoms with Crippen molar-refractivity contribution in [1.29, 1.82) is 0 Å². The van der Waals surface area contributed by atoms with Crippen molar-refractivity contribution < 1.29 is 27.9 Å². The van der Waals surface area contributed by atoms with Crippen LogP contribution in [0.25, 0.3) is 6.08 Å². The smallest absolute Gasteiger partial charge is 0.390 e. The van der Waals surface area contributed by atoms with Gasteiger partial charge in [0, 0.05) is 23.2 Å². The molecule has 0 aliphatic carbocycles. The van der Waals surface area contributed by atoms with Crippen molar-refractivity contribution >= 4 is 29.6 Å². The third-order valence-corrected chi connectivity index (χ3v) is 2.69. The first-order valence-corrected chi connectivity index (χ1v) is 6.12. The minimum atomic E-state index is -4.34. The van der Waals surface area contributed by atoms with E-state index in [1.54, 1.807) is 0 Å². The maximum Gasteiger partial charge on any atom is 0.390 e. The molecule has 1 amide bonds. The highest BCUT2D eigenvalue weighted by Crippen LogP contribution is 2.20. The number of carboxylic acid groups (broad SMARTS) is 1. The summed E-state index contributed by atoms with van der Waals surface area (Å²) < 4.78 is 35.8. The Balaban J connectivity index is 2.70. The van der Waals surface area contributed by atoms with E-state index < -0.39 is 31.0 Å². The second-order valence-electron chi connectivity index (χ2n) is 4.03. The quantitative estimate of drug-likeness (QED) is 0.819. The summed E-state index contributed by atoms with van der Waals surface area (Å²) in [6.07, 6.45) is -3.33. The molecule has 8 heteroatoms. The standard InChI is InChI=1S/C13H11ClF3NO3/c14-10-7-9(2-1-8(10)3-4-11(19)20)12(21)18-6-5-13(15,16)17/h1-4,7H,5-6H2,(H,18,21)(H,19,20)/b4-3+. The van der Waals surface area contributed by atoms with Gasteiger partial charge in [-0.3, -0.25) is 4.79 Å². The van der Waals surface area contributed by atoms with Crippen LogP contribution in [0.2, 0.25) is 5.02 Å². The molecular weight excluding hydrogens is 311 g/mol. The molecule has 1 aromatic carbocycles. The van der Waals surface area contributed by atoms with E-state index >= 15 is 0 Å². The number of hydrogen-bond donors (Lipinski definition) is 2. The molecule has 0 saturated carbocycles. The summed E-state index contributed by atoms with van der Waals surface area (Å²) in [5, 5.41) is 10.7. The van der Waals surface area contributed by atoms with Crippen LogP contribution in [0.5, 0.6) is 0 Å². The molecule has 0 unspecified atom stereocenters. The van der Waals surface area contributed by atoms with Crippen LogP contribution in [0.15, 0.2) is 24.3 Å². The number of alkyl halides is 3. The van der Waals surface area contributed by atoms with Gasteiger partial charge in [-0.15, -0.1) is 0 Å². The Bertz CT molecular complexity index is 570. The predicted molar refractivity (Wildman–Crippen MR) is 71.1 cm³/mol. The monoisotopic (exact) mass is 321 g/mol. The average Bonchev–Trinajstić information content (AvgIpc) is 2.35. The maximum atomic E-state index is 11.9. The number of carbonyl (C=O) groups excluding carboxylic acids is 1. The summed E-state index contributed by atoms with van der Waals surface area (Å²) in [5.74, 6) is -1.84. The Morgan fingerprint density at radius 1 is 1.33 bits per heavy atom. The molecule has 2 N–H and O–H groups in total. The summed E-state index contributed by atoms with van der Waals surface area (Å²) in [6.45, 7) is -0.527. The second-order valence-corrected chi connectivity index (χ2v) is 4.44. The molecule has 0 aliphatic heterocycles. The molecule has 0 bridgehead atoms. The Kier molecular flexibility index (Phi) is 5.78. The zero-order valence-electron chi connectivity index (χ0n) is 10.6. The molecule has 1 aromatic rings. The molecule has 0 saturated heterocycles. The van der Waals surface area contributed by atoms with E-state index in [1.165, 1.54) is 24.3 Å². The van der Waals surface area contributed by atoms with Gasteiger partial charge in [-0.2, -0.15) is 13.2 Å². The number of nitrogens with one attached hydrogen (secondary N) is 1. The first kappa shape index (κ1) is 17.0. The van der Waals surface area contributed by atoms with Crippen LogP contribution in [0.4, 0.5) is 13.2 Å². The van der Waals surface area contributed by atoms with E-state index in [1.807, 2.05) is 0 Å². The van der Waals surface area contributed by atoms with Gasteiger partial charge in [0.25, 0.3) is 5.91 Å². The molecule has 0 aromatic heterocycles. The van der Waals surface area contributed by atoms with Crippen LogP contribution in [0.1, 0.15) is 22.3 Å². The predicted octanol–water partition coefficient (Wildman–Crippen LogP) is 3.12. The van der Waals surface area contributed by atoms with Gasteiger partial charge in [0.05, 0.1) is 6.42 Å². The Morgan fingerprint density at radius 2 is 2.00 bits per heavy atom. The fourth-order valence-electron chi connectivity index (χ4n) is 1.38. The van der Waals surface area contributed by atoms with E-state index in [2.05, 4.69) is 5.32 Å². The van der Waals surface area contributed by atoms with Crippen LogP contribution < -0.4 is 5.32 Å². The number of aliphatic carboxylic acids is 1. The minimum absolute atomic E-state index is 0.0923. The lowest BCUT2D eigenvalue weighted by atomic mass is 10.1. The second kappa shape index (κ2) is 7.12. The zero-order valence-corrected chi connectivity index (χ0v) is 11.3. The molecule has 0 aliphatic rings. The molecule has 0 atom stereocenters. The zero-order chi connectivity index (χ0) is 16.0. The highest BCUT2D eigenvalue weighted by Gasteiger charge is 2.26. The van der Waals surface area contributed by atoms with Crippen molar-refractivity contribution in [2.24, 2.45) is 0 Å². The van der Waals surface area contributed by atoms with Crippen LogP contribution in [0, 0.1) is 0 Å². The van der Waals surface area contributed by atoms with Gasteiger partial charge in [0.1, 0.15) is 0 Å².